The molecule has 0 bridgehead atoms. The fourth-order valence-corrected chi connectivity index (χ4v) is 1.31. The van der Waals surface area contributed by atoms with Crippen LogP contribution < -0.4 is 16.8 Å². The summed E-state index contributed by atoms with van der Waals surface area (Å²) in [5.41, 5.74) is 1.89. The van der Waals surface area contributed by atoms with Gasteiger partial charge in [0.2, 0.25) is 5.95 Å². The quantitative estimate of drug-likeness (QED) is 0.375. The van der Waals surface area contributed by atoms with Crippen molar-refractivity contribution in [1.29, 1.82) is 0 Å². The molecular weight excluding hydrogens is 214 g/mol. The predicted molar refractivity (Wildman–Crippen MR) is 56.8 cm³/mol. The number of hydrogen-bond donors (Lipinski definition) is 3. The van der Waals surface area contributed by atoms with Crippen LogP contribution in [0.3, 0.4) is 0 Å². The molecule has 0 atom stereocenters. The zero-order chi connectivity index (χ0) is 11.7. The predicted octanol–water partition coefficient (Wildman–Crippen LogP) is 0.117. The van der Waals surface area contributed by atoms with Crippen LogP contribution in [0.15, 0.2) is 23.0 Å². The first-order chi connectivity index (χ1) is 7.61. The summed E-state index contributed by atoms with van der Waals surface area (Å²) in [5, 5.41) is 10.7. The maximum atomic E-state index is 11.5. The standard InChI is InChI=1S/C8H7N5O3/c9-12-8-10-6-2-1-4(13(15)16)3-5(6)7(14)11-8/h1-3H,9H2,(H2,10,11,12,14). The lowest BCUT2D eigenvalue weighted by molar-refractivity contribution is -0.384. The molecule has 0 saturated carbocycles. The van der Waals surface area contributed by atoms with E-state index in [0.29, 0.717) is 5.52 Å². The van der Waals surface area contributed by atoms with Gasteiger partial charge in [-0.2, -0.15) is 0 Å². The Labute approximate surface area is 88.2 Å². The number of hydrogen-bond acceptors (Lipinski definition) is 6. The van der Waals surface area contributed by atoms with Crippen LogP contribution in [0.25, 0.3) is 10.9 Å². The molecule has 0 amide bonds. The van der Waals surface area contributed by atoms with Crippen LogP contribution in [0.2, 0.25) is 0 Å². The first kappa shape index (κ1) is 10.1. The first-order valence-electron chi connectivity index (χ1n) is 4.27. The summed E-state index contributed by atoms with van der Waals surface area (Å²) >= 11 is 0. The van der Waals surface area contributed by atoms with Crippen molar-refractivity contribution in [3.8, 4) is 0 Å². The van der Waals surface area contributed by atoms with Crippen LogP contribution in [-0.4, -0.2) is 14.9 Å². The minimum Gasteiger partial charge on any atom is -0.294 e. The highest BCUT2D eigenvalue weighted by molar-refractivity contribution is 5.80. The number of hydrazine groups is 1. The summed E-state index contributed by atoms with van der Waals surface area (Å²) in [6, 6.07) is 3.83. The van der Waals surface area contributed by atoms with Crippen LogP contribution in [0, 0.1) is 10.1 Å². The van der Waals surface area contributed by atoms with Gasteiger partial charge in [-0.05, 0) is 6.07 Å². The Morgan fingerprint density at radius 1 is 1.50 bits per heavy atom. The highest BCUT2D eigenvalue weighted by atomic mass is 16.6. The minimum absolute atomic E-state index is 0.103. The maximum Gasteiger partial charge on any atom is 0.270 e. The summed E-state index contributed by atoms with van der Waals surface area (Å²) < 4.78 is 0. The molecule has 1 aromatic carbocycles. The van der Waals surface area contributed by atoms with E-state index in [4.69, 9.17) is 5.84 Å². The Morgan fingerprint density at radius 2 is 2.25 bits per heavy atom. The van der Waals surface area contributed by atoms with Gasteiger partial charge >= 0.3 is 0 Å². The van der Waals surface area contributed by atoms with E-state index in [-0.39, 0.29) is 17.0 Å². The van der Waals surface area contributed by atoms with E-state index < -0.39 is 10.5 Å². The number of nitro groups is 1. The summed E-state index contributed by atoms with van der Waals surface area (Å²) in [5.74, 6) is 5.20. The van der Waals surface area contributed by atoms with Gasteiger partial charge in [0.05, 0.1) is 15.8 Å². The summed E-state index contributed by atoms with van der Waals surface area (Å²) in [6.45, 7) is 0. The van der Waals surface area contributed by atoms with E-state index in [2.05, 4.69) is 15.4 Å². The van der Waals surface area contributed by atoms with E-state index in [1.165, 1.54) is 18.2 Å². The van der Waals surface area contributed by atoms with Crippen LogP contribution in [0.4, 0.5) is 11.6 Å². The van der Waals surface area contributed by atoms with E-state index in [1.807, 2.05) is 0 Å². The molecule has 16 heavy (non-hydrogen) atoms. The molecule has 1 aromatic heterocycles. The number of rotatable bonds is 2. The van der Waals surface area contributed by atoms with Crippen molar-refractivity contribution < 1.29 is 4.92 Å². The number of benzene rings is 1. The average molecular weight is 221 g/mol. The second kappa shape index (κ2) is 3.59. The molecule has 0 radical (unpaired) electrons. The summed E-state index contributed by atoms with van der Waals surface area (Å²) in [6.07, 6.45) is 0. The van der Waals surface area contributed by atoms with Gasteiger partial charge in [-0.15, -0.1) is 0 Å². The van der Waals surface area contributed by atoms with Gasteiger partial charge < -0.3 is 0 Å². The van der Waals surface area contributed by atoms with E-state index in [9.17, 15) is 14.9 Å². The Balaban J connectivity index is 2.75. The molecular formula is C8H7N5O3. The lowest BCUT2D eigenvalue weighted by atomic mass is 10.2. The number of nitrogens with one attached hydrogen (secondary N) is 2. The molecule has 82 valence electrons. The zero-order valence-corrected chi connectivity index (χ0v) is 7.93. The van der Waals surface area contributed by atoms with Crippen LogP contribution in [0.1, 0.15) is 0 Å². The Morgan fingerprint density at radius 3 is 2.88 bits per heavy atom. The smallest absolute Gasteiger partial charge is 0.270 e. The Bertz CT molecular complexity index is 621. The molecule has 0 unspecified atom stereocenters. The minimum atomic E-state index is -0.575. The van der Waals surface area contributed by atoms with Gasteiger partial charge in [-0.3, -0.25) is 25.3 Å². The zero-order valence-electron chi connectivity index (χ0n) is 7.93. The lowest BCUT2D eigenvalue weighted by Crippen LogP contribution is -2.17. The molecule has 1 heterocycles. The monoisotopic (exact) mass is 221 g/mol. The van der Waals surface area contributed by atoms with E-state index in [1.54, 1.807) is 0 Å². The molecule has 0 saturated heterocycles. The molecule has 0 aliphatic carbocycles. The van der Waals surface area contributed by atoms with Crippen molar-refractivity contribution in [2.45, 2.75) is 0 Å². The van der Waals surface area contributed by atoms with E-state index >= 15 is 0 Å². The fourth-order valence-electron chi connectivity index (χ4n) is 1.31. The first-order valence-corrected chi connectivity index (χ1v) is 4.27. The van der Waals surface area contributed by atoms with Gasteiger partial charge in [-0.1, -0.05) is 0 Å². The number of H-pyrrole nitrogens is 1. The van der Waals surface area contributed by atoms with Gasteiger partial charge in [0.1, 0.15) is 0 Å². The fraction of sp³-hybridized carbons (Fsp3) is 0. The normalized spacial score (nSPS) is 10.3. The topological polar surface area (TPSA) is 127 Å². The highest BCUT2D eigenvalue weighted by Gasteiger charge is 2.09. The summed E-state index contributed by atoms with van der Waals surface area (Å²) in [7, 11) is 0. The largest absolute Gasteiger partial charge is 0.294 e. The van der Waals surface area contributed by atoms with E-state index in [0.717, 1.165) is 0 Å². The molecule has 8 heteroatoms. The van der Waals surface area contributed by atoms with Crippen LogP contribution >= 0.6 is 0 Å². The van der Waals surface area contributed by atoms with Crippen LogP contribution in [-0.2, 0) is 0 Å². The number of aromatic amines is 1. The van der Waals surface area contributed by atoms with Crippen molar-refractivity contribution in [3.63, 3.8) is 0 Å². The molecule has 0 spiro atoms. The van der Waals surface area contributed by atoms with Gasteiger partial charge in [0.25, 0.3) is 11.2 Å². The van der Waals surface area contributed by atoms with Crippen LogP contribution in [0.5, 0.6) is 0 Å². The van der Waals surface area contributed by atoms with Crippen molar-refractivity contribution >= 4 is 22.5 Å². The lowest BCUT2D eigenvalue weighted by Gasteiger charge is -2.00. The number of fused-ring (bicyclic) bond motifs is 1. The number of nitro benzene ring substituents is 1. The van der Waals surface area contributed by atoms with Gasteiger partial charge in [0, 0.05) is 12.1 Å². The Hall–Kier alpha value is -2.48. The van der Waals surface area contributed by atoms with Crippen molar-refractivity contribution in [3.05, 3.63) is 38.7 Å². The molecule has 2 aromatic rings. The number of non-ortho nitro benzene ring substituents is 1. The number of anilines is 1. The van der Waals surface area contributed by atoms with Crippen molar-refractivity contribution in [2.75, 3.05) is 5.43 Å². The second-order valence-electron chi connectivity index (χ2n) is 3.02. The number of aromatic nitrogens is 2. The SMILES string of the molecule is NNc1nc2ccc([N+](=O)[O-])cc2c(=O)[nH]1. The number of nitrogens with zero attached hydrogens (tertiary/aromatic N) is 2. The third kappa shape index (κ3) is 1.57. The second-order valence-corrected chi connectivity index (χ2v) is 3.02. The maximum absolute atomic E-state index is 11.5. The average Bonchev–Trinajstić information content (AvgIpc) is 2.28. The number of nitrogen functional groups attached to an aromatic ring is 1. The molecule has 0 fully saturated rings. The molecule has 4 N–H and O–H groups in total. The van der Waals surface area contributed by atoms with Gasteiger partial charge in [-0.25, -0.2) is 10.8 Å². The summed E-state index contributed by atoms with van der Waals surface area (Å²) in [4.78, 5) is 27.7. The molecule has 0 aliphatic rings. The molecule has 8 nitrogen and oxygen atoms in total. The molecule has 2 rings (SSSR count). The third-order valence-corrected chi connectivity index (χ3v) is 2.04. The third-order valence-electron chi connectivity index (χ3n) is 2.04. The van der Waals surface area contributed by atoms with Gasteiger partial charge in [0.15, 0.2) is 0 Å². The highest BCUT2D eigenvalue weighted by Crippen LogP contribution is 2.16. The molecule has 0 aliphatic heterocycles. The van der Waals surface area contributed by atoms with Crippen molar-refractivity contribution in [1.82, 2.24) is 9.97 Å². The van der Waals surface area contributed by atoms with Crippen molar-refractivity contribution in [2.24, 2.45) is 5.84 Å². The number of nitrogens with two attached hydrogens (primary N) is 1. The Kier molecular flexibility index (Phi) is 2.25.